The van der Waals surface area contributed by atoms with Crippen LogP contribution in [0, 0.1) is 5.92 Å². The van der Waals surface area contributed by atoms with Crippen LogP contribution < -0.4 is 5.32 Å². The lowest BCUT2D eigenvalue weighted by atomic mass is 9.96. The Morgan fingerprint density at radius 3 is 2.45 bits per heavy atom. The number of carbonyl (C=O) groups is 1. The van der Waals surface area contributed by atoms with E-state index in [2.05, 4.69) is 38.0 Å². The third kappa shape index (κ3) is 5.41. The largest absolute Gasteiger partial charge is 0.468 e. The maximum absolute atomic E-state index is 12.1. The van der Waals surface area contributed by atoms with Crippen molar-refractivity contribution in [1.82, 2.24) is 10.2 Å². The van der Waals surface area contributed by atoms with Crippen molar-refractivity contribution in [3.8, 4) is 0 Å². The Kier molecular flexibility index (Phi) is 6.46. The van der Waals surface area contributed by atoms with Gasteiger partial charge in [-0.25, -0.2) is 0 Å². The molecular formula is C16H32N2O2. The molecule has 0 saturated heterocycles. The molecule has 0 aliphatic heterocycles. The molecule has 0 heterocycles. The molecule has 0 bridgehead atoms. The van der Waals surface area contributed by atoms with Gasteiger partial charge in [0.1, 0.15) is 5.54 Å². The van der Waals surface area contributed by atoms with Gasteiger partial charge in [0, 0.05) is 18.6 Å². The van der Waals surface area contributed by atoms with E-state index in [1.165, 1.54) is 26.4 Å². The SMILES string of the molecule is COC(=O)C(C)(CCN(C)C(C)CC(C)C)NC1CC1. The normalized spacial score (nSPS) is 20.0. The lowest BCUT2D eigenvalue weighted by Gasteiger charge is -2.32. The van der Waals surface area contributed by atoms with E-state index in [1.54, 1.807) is 0 Å². The molecule has 4 nitrogen and oxygen atoms in total. The Balaban J connectivity index is 2.50. The first-order valence-electron chi connectivity index (χ1n) is 7.85. The van der Waals surface area contributed by atoms with Crippen LogP contribution in [-0.2, 0) is 9.53 Å². The zero-order chi connectivity index (χ0) is 15.3. The Labute approximate surface area is 124 Å². The second-order valence-corrected chi connectivity index (χ2v) is 6.95. The lowest BCUT2D eigenvalue weighted by molar-refractivity contribution is -0.148. The molecule has 0 aromatic carbocycles. The Hall–Kier alpha value is -0.610. The summed E-state index contributed by atoms with van der Waals surface area (Å²) in [6.45, 7) is 9.62. The van der Waals surface area contributed by atoms with Gasteiger partial charge in [0.15, 0.2) is 0 Å². The van der Waals surface area contributed by atoms with Crippen LogP contribution in [0.15, 0.2) is 0 Å². The second kappa shape index (κ2) is 7.41. The Bertz CT molecular complexity index is 316. The topological polar surface area (TPSA) is 41.6 Å². The standard InChI is InChI=1S/C16H32N2O2/c1-12(2)11-13(3)18(5)10-9-16(4,15(19)20-6)17-14-7-8-14/h12-14,17H,7-11H2,1-6H3. The minimum atomic E-state index is -0.554. The van der Waals surface area contributed by atoms with Crippen molar-refractivity contribution in [1.29, 1.82) is 0 Å². The van der Waals surface area contributed by atoms with E-state index < -0.39 is 5.54 Å². The summed E-state index contributed by atoms with van der Waals surface area (Å²) < 4.78 is 4.98. The summed E-state index contributed by atoms with van der Waals surface area (Å²) in [7, 11) is 3.61. The first-order chi connectivity index (χ1) is 9.28. The average Bonchev–Trinajstić information content (AvgIpc) is 3.17. The quantitative estimate of drug-likeness (QED) is 0.660. The molecule has 20 heavy (non-hydrogen) atoms. The zero-order valence-corrected chi connectivity index (χ0v) is 14.0. The fraction of sp³-hybridized carbons (Fsp3) is 0.938. The summed E-state index contributed by atoms with van der Waals surface area (Å²) in [6, 6.07) is 1.04. The summed E-state index contributed by atoms with van der Waals surface area (Å²) >= 11 is 0. The zero-order valence-electron chi connectivity index (χ0n) is 14.0. The van der Waals surface area contributed by atoms with Crippen LogP contribution >= 0.6 is 0 Å². The molecule has 0 aromatic heterocycles. The number of nitrogens with one attached hydrogen (secondary N) is 1. The van der Waals surface area contributed by atoms with E-state index in [-0.39, 0.29) is 5.97 Å². The van der Waals surface area contributed by atoms with Gasteiger partial charge in [0.05, 0.1) is 7.11 Å². The molecule has 118 valence electrons. The van der Waals surface area contributed by atoms with Gasteiger partial charge in [-0.3, -0.25) is 10.1 Å². The van der Waals surface area contributed by atoms with Crippen molar-refractivity contribution >= 4 is 5.97 Å². The van der Waals surface area contributed by atoms with Crippen LogP contribution in [0.5, 0.6) is 0 Å². The number of ether oxygens (including phenoxy) is 1. The number of esters is 1. The lowest BCUT2D eigenvalue weighted by Crippen LogP contribution is -2.53. The minimum Gasteiger partial charge on any atom is -0.468 e. The van der Waals surface area contributed by atoms with Gasteiger partial charge in [0.2, 0.25) is 0 Å². The third-order valence-corrected chi connectivity index (χ3v) is 4.27. The van der Waals surface area contributed by atoms with E-state index in [9.17, 15) is 4.79 Å². The minimum absolute atomic E-state index is 0.144. The molecule has 2 unspecified atom stereocenters. The van der Waals surface area contributed by atoms with Crippen LogP contribution in [0.3, 0.4) is 0 Å². The van der Waals surface area contributed by atoms with Crippen molar-refractivity contribution in [3.63, 3.8) is 0 Å². The van der Waals surface area contributed by atoms with Crippen molar-refractivity contribution in [2.75, 3.05) is 20.7 Å². The van der Waals surface area contributed by atoms with Gasteiger partial charge in [-0.1, -0.05) is 13.8 Å². The number of methoxy groups -OCH3 is 1. The monoisotopic (exact) mass is 284 g/mol. The van der Waals surface area contributed by atoms with Crippen molar-refractivity contribution in [3.05, 3.63) is 0 Å². The molecule has 0 radical (unpaired) electrons. The highest BCUT2D eigenvalue weighted by Gasteiger charge is 2.39. The predicted molar refractivity (Wildman–Crippen MR) is 82.7 cm³/mol. The van der Waals surface area contributed by atoms with Crippen LogP contribution in [-0.4, -0.2) is 49.2 Å². The fourth-order valence-corrected chi connectivity index (χ4v) is 2.62. The highest BCUT2D eigenvalue weighted by molar-refractivity contribution is 5.80. The molecular weight excluding hydrogens is 252 g/mol. The maximum atomic E-state index is 12.1. The highest BCUT2D eigenvalue weighted by Crippen LogP contribution is 2.25. The maximum Gasteiger partial charge on any atom is 0.325 e. The van der Waals surface area contributed by atoms with Crippen LogP contribution in [0.2, 0.25) is 0 Å². The van der Waals surface area contributed by atoms with E-state index >= 15 is 0 Å². The molecule has 1 saturated carbocycles. The first-order valence-corrected chi connectivity index (χ1v) is 7.85. The molecule has 0 amide bonds. The molecule has 1 N–H and O–H groups in total. The van der Waals surface area contributed by atoms with Crippen LogP contribution in [0.4, 0.5) is 0 Å². The van der Waals surface area contributed by atoms with E-state index in [0.29, 0.717) is 18.0 Å². The van der Waals surface area contributed by atoms with Crippen LogP contribution in [0.1, 0.15) is 53.4 Å². The Morgan fingerprint density at radius 2 is 2.00 bits per heavy atom. The molecule has 4 heteroatoms. The molecule has 1 aliphatic carbocycles. The molecule has 1 rings (SSSR count). The van der Waals surface area contributed by atoms with E-state index in [1.807, 2.05) is 6.92 Å². The van der Waals surface area contributed by atoms with Gasteiger partial charge < -0.3 is 9.64 Å². The summed E-state index contributed by atoms with van der Waals surface area (Å²) in [5, 5.41) is 3.45. The number of rotatable bonds is 9. The molecule has 1 aliphatic rings. The van der Waals surface area contributed by atoms with Gasteiger partial charge in [-0.2, -0.15) is 0 Å². The first kappa shape index (κ1) is 17.4. The summed E-state index contributed by atoms with van der Waals surface area (Å²) in [6.07, 6.45) is 4.31. The van der Waals surface area contributed by atoms with Gasteiger partial charge in [-0.15, -0.1) is 0 Å². The van der Waals surface area contributed by atoms with Crippen molar-refractivity contribution < 1.29 is 9.53 Å². The molecule has 2 atom stereocenters. The smallest absolute Gasteiger partial charge is 0.325 e. The molecule has 0 spiro atoms. The molecule has 0 aromatic rings. The van der Waals surface area contributed by atoms with E-state index in [4.69, 9.17) is 4.74 Å². The Morgan fingerprint density at radius 1 is 1.40 bits per heavy atom. The highest BCUT2D eigenvalue weighted by atomic mass is 16.5. The van der Waals surface area contributed by atoms with Crippen molar-refractivity contribution in [2.45, 2.75) is 71.0 Å². The summed E-state index contributed by atoms with van der Waals surface area (Å²) in [4.78, 5) is 14.4. The van der Waals surface area contributed by atoms with Crippen LogP contribution in [0.25, 0.3) is 0 Å². The third-order valence-electron chi connectivity index (χ3n) is 4.27. The number of hydrogen-bond acceptors (Lipinski definition) is 4. The van der Waals surface area contributed by atoms with Gasteiger partial charge >= 0.3 is 5.97 Å². The number of hydrogen-bond donors (Lipinski definition) is 1. The van der Waals surface area contributed by atoms with Gasteiger partial charge in [0.25, 0.3) is 0 Å². The number of carbonyl (C=O) groups excluding carboxylic acids is 1. The predicted octanol–water partition coefficient (Wildman–Crippen LogP) is 2.43. The fourth-order valence-electron chi connectivity index (χ4n) is 2.62. The summed E-state index contributed by atoms with van der Waals surface area (Å²) in [5.41, 5.74) is -0.554. The average molecular weight is 284 g/mol. The molecule has 1 fully saturated rings. The van der Waals surface area contributed by atoms with E-state index in [0.717, 1.165) is 13.0 Å². The number of nitrogens with zero attached hydrogens (tertiary/aromatic N) is 1. The summed E-state index contributed by atoms with van der Waals surface area (Å²) in [5.74, 6) is 0.554. The van der Waals surface area contributed by atoms with Crippen molar-refractivity contribution in [2.24, 2.45) is 5.92 Å². The second-order valence-electron chi connectivity index (χ2n) is 6.95. The van der Waals surface area contributed by atoms with Gasteiger partial charge in [-0.05, 0) is 52.5 Å².